The minimum atomic E-state index is -4.95. The van der Waals surface area contributed by atoms with Crippen LogP contribution in [0.15, 0.2) is 48.5 Å². The lowest BCUT2D eigenvalue weighted by Crippen LogP contribution is -2.29. The second kappa shape index (κ2) is 8.37. The van der Waals surface area contributed by atoms with Crippen LogP contribution in [0.2, 0.25) is 0 Å². The Bertz CT molecular complexity index is 774. The van der Waals surface area contributed by atoms with E-state index in [1.807, 2.05) is 18.2 Å². The zero-order valence-electron chi connectivity index (χ0n) is 13.9. The van der Waals surface area contributed by atoms with Gasteiger partial charge in [0.2, 0.25) is 5.91 Å². The van der Waals surface area contributed by atoms with Crippen LogP contribution in [0.3, 0.4) is 0 Å². The van der Waals surface area contributed by atoms with E-state index < -0.39 is 12.1 Å². The number of hydrogen-bond acceptors (Lipinski definition) is 3. The van der Waals surface area contributed by atoms with Crippen LogP contribution in [-0.2, 0) is 16.0 Å². The van der Waals surface area contributed by atoms with Crippen LogP contribution in [-0.4, -0.2) is 25.1 Å². The topological polar surface area (TPSA) is 67.4 Å². The van der Waals surface area contributed by atoms with Gasteiger partial charge >= 0.3 is 12.1 Å². The summed E-state index contributed by atoms with van der Waals surface area (Å²) in [5.41, 5.74) is 1.30. The fraction of sp³-hybridized carbons (Fsp3) is 0.222. The lowest BCUT2D eigenvalue weighted by atomic mass is 10.1. The molecule has 8 heteroatoms. The number of carbonyl (C=O) groups excluding carboxylic acids is 2. The van der Waals surface area contributed by atoms with Crippen molar-refractivity contribution >= 4 is 23.2 Å². The number of benzene rings is 2. The van der Waals surface area contributed by atoms with Gasteiger partial charge in [-0.1, -0.05) is 18.2 Å². The Morgan fingerprint density at radius 1 is 0.962 bits per heavy atom. The van der Waals surface area contributed by atoms with Crippen LogP contribution < -0.4 is 15.4 Å². The van der Waals surface area contributed by atoms with E-state index in [0.29, 0.717) is 17.9 Å². The predicted octanol–water partition coefficient (Wildman–Crippen LogP) is 3.77. The van der Waals surface area contributed by atoms with Crippen LogP contribution in [0, 0.1) is 0 Å². The van der Waals surface area contributed by atoms with Crippen molar-refractivity contribution < 1.29 is 27.5 Å². The summed E-state index contributed by atoms with van der Waals surface area (Å²) in [6.07, 6.45) is -4.26. The van der Waals surface area contributed by atoms with E-state index in [1.54, 1.807) is 18.5 Å². The van der Waals surface area contributed by atoms with Gasteiger partial charge in [0.1, 0.15) is 5.75 Å². The van der Waals surface area contributed by atoms with Crippen molar-refractivity contribution in [3.05, 3.63) is 54.1 Å². The molecule has 0 saturated carbocycles. The van der Waals surface area contributed by atoms with E-state index in [0.717, 1.165) is 5.56 Å². The molecule has 2 rings (SSSR count). The number of methoxy groups -OCH3 is 1. The highest BCUT2D eigenvalue weighted by Crippen LogP contribution is 2.21. The minimum Gasteiger partial charge on any atom is -0.496 e. The fourth-order valence-corrected chi connectivity index (χ4v) is 2.22. The quantitative estimate of drug-likeness (QED) is 0.818. The number of para-hydroxylation sites is 1. The molecule has 0 heterocycles. The zero-order chi connectivity index (χ0) is 19.2. The molecule has 0 radical (unpaired) electrons. The number of amides is 2. The van der Waals surface area contributed by atoms with Crippen LogP contribution >= 0.6 is 0 Å². The Morgan fingerprint density at radius 3 is 2.12 bits per heavy atom. The van der Waals surface area contributed by atoms with Crippen LogP contribution in [0.1, 0.15) is 12.0 Å². The maximum Gasteiger partial charge on any atom is 0.471 e. The number of anilines is 2. The summed E-state index contributed by atoms with van der Waals surface area (Å²) in [6.45, 7) is 0. The van der Waals surface area contributed by atoms with Crippen molar-refractivity contribution in [2.75, 3.05) is 17.7 Å². The van der Waals surface area contributed by atoms with E-state index in [-0.39, 0.29) is 18.0 Å². The first-order valence-electron chi connectivity index (χ1n) is 7.69. The van der Waals surface area contributed by atoms with E-state index in [1.165, 1.54) is 24.3 Å². The summed E-state index contributed by atoms with van der Waals surface area (Å²) in [6, 6.07) is 12.7. The number of alkyl halides is 3. The van der Waals surface area contributed by atoms with E-state index in [9.17, 15) is 22.8 Å². The molecule has 138 valence electrons. The molecule has 0 aromatic heterocycles. The van der Waals surface area contributed by atoms with Crippen molar-refractivity contribution in [1.82, 2.24) is 0 Å². The maximum absolute atomic E-state index is 12.2. The van der Waals surface area contributed by atoms with E-state index in [2.05, 4.69) is 5.32 Å². The van der Waals surface area contributed by atoms with Gasteiger partial charge in [-0.25, -0.2) is 0 Å². The first kappa shape index (κ1) is 19.3. The molecule has 0 aliphatic heterocycles. The third-order valence-electron chi connectivity index (χ3n) is 3.50. The lowest BCUT2D eigenvalue weighted by Gasteiger charge is -2.10. The van der Waals surface area contributed by atoms with Gasteiger partial charge < -0.3 is 15.4 Å². The second-order valence-electron chi connectivity index (χ2n) is 5.39. The van der Waals surface area contributed by atoms with Gasteiger partial charge in [-0.2, -0.15) is 13.2 Å². The molecule has 2 aromatic rings. The molecule has 2 aromatic carbocycles. The number of rotatable bonds is 6. The first-order chi connectivity index (χ1) is 12.3. The highest BCUT2D eigenvalue weighted by atomic mass is 19.4. The molecule has 0 atom stereocenters. The summed E-state index contributed by atoms with van der Waals surface area (Å²) in [5, 5.41) is 4.38. The minimum absolute atomic E-state index is 0.0145. The average Bonchev–Trinajstić information content (AvgIpc) is 2.61. The number of ether oxygens (including phenoxy) is 1. The number of halogens is 3. The zero-order valence-corrected chi connectivity index (χ0v) is 13.9. The Morgan fingerprint density at radius 2 is 1.54 bits per heavy atom. The SMILES string of the molecule is COc1ccccc1CCC(=O)Nc1ccc(NC(=O)C(F)(F)F)cc1. The Kier molecular flexibility index (Phi) is 6.21. The molecule has 0 fully saturated rings. The molecule has 5 nitrogen and oxygen atoms in total. The van der Waals surface area contributed by atoms with Crippen molar-refractivity contribution in [3.8, 4) is 5.75 Å². The Hall–Kier alpha value is -3.03. The van der Waals surface area contributed by atoms with Gasteiger partial charge in [-0.3, -0.25) is 9.59 Å². The monoisotopic (exact) mass is 366 g/mol. The van der Waals surface area contributed by atoms with Crippen molar-refractivity contribution in [2.45, 2.75) is 19.0 Å². The normalized spacial score (nSPS) is 10.9. The molecular weight excluding hydrogens is 349 g/mol. The smallest absolute Gasteiger partial charge is 0.471 e. The summed E-state index contributed by atoms with van der Waals surface area (Å²) >= 11 is 0. The summed E-state index contributed by atoms with van der Waals surface area (Å²) < 4.78 is 41.8. The molecule has 0 unspecified atom stereocenters. The molecule has 0 spiro atoms. The summed E-state index contributed by atoms with van der Waals surface area (Å²) in [7, 11) is 1.55. The van der Waals surface area contributed by atoms with Crippen LogP contribution in [0.5, 0.6) is 5.75 Å². The Labute approximate surface area is 148 Å². The van der Waals surface area contributed by atoms with Crippen molar-refractivity contribution in [1.29, 1.82) is 0 Å². The summed E-state index contributed by atoms with van der Waals surface area (Å²) in [4.78, 5) is 22.9. The largest absolute Gasteiger partial charge is 0.496 e. The molecule has 2 amide bonds. The molecule has 2 N–H and O–H groups in total. The van der Waals surface area contributed by atoms with E-state index in [4.69, 9.17) is 4.74 Å². The van der Waals surface area contributed by atoms with Crippen LogP contribution in [0.25, 0.3) is 0 Å². The molecule has 0 aliphatic rings. The highest BCUT2D eigenvalue weighted by Gasteiger charge is 2.38. The third kappa shape index (κ3) is 5.51. The number of carbonyl (C=O) groups is 2. The Balaban J connectivity index is 1.88. The fourth-order valence-electron chi connectivity index (χ4n) is 2.22. The number of aryl methyl sites for hydroxylation is 1. The molecule has 0 bridgehead atoms. The van der Waals surface area contributed by atoms with Gasteiger partial charge in [0, 0.05) is 17.8 Å². The van der Waals surface area contributed by atoms with Gasteiger partial charge in [0.15, 0.2) is 0 Å². The van der Waals surface area contributed by atoms with Crippen molar-refractivity contribution in [2.24, 2.45) is 0 Å². The van der Waals surface area contributed by atoms with Gasteiger partial charge in [0.25, 0.3) is 0 Å². The summed E-state index contributed by atoms with van der Waals surface area (Å²) in [5.74, 6) is -1.60. The van der Waals surface area contributed by atoms with Crippen molar-refractivity contribution in [3.63, 3.8) is 0 Å². The average molecular weight is 366 g/mol. The van der Waals surface area contributed by atoms with Gasteiger partial charge in [-0.05, 0) is 42.3 Å². The molecule has 0 aliphatic carbocycles. The first-order valence-corrected chi connectivity index (χ1v) is 7.69. The standard InChI is InChI=1S/C18H17F3N2O3/c1-26-15-5-3-2-4-12(15)6-11-16(24)22-13-7-9-14(10-8-13)23-17(25)18(19,20)21/h2-5,7-10H,6,11H2,1H3,(H,22,24)(H,23,25). The number of nitrogens with one attached hydrogen (secondary N) is 2. The predicted molar refractivity (Wildman–Crippen MR) is 91.1 cm³/mol. The third-order valence-corrected chi connectivity index (χ3v) is 3.50. The van der Waals surface area contributed by atoms with Gasteiger partial charge in [0.05, 0.1) is 7.11 Å². The molecule has 0 saturated heterocycles. The highest BCUT2D eigenvalue weighted by molar-refractivity contribution is 5.95. The second-order valence-corrected chi connectivity index (χ2v) is 5.39. The molecular formula is C18H17F3N2O3. The maximum atomic E-state index is 12.2. The van der Waals surface area contributed by atoms with E-state index >= 15 is 0 Å². The van der Waals surface area contributed by atoms with Gasteiger partial charge in [-0.15, -0.1) is 0 Å². The molecule has 26 heavy (non-hydrogen) atoms. The number of hydrogen-bond donors (Lipinski definition) is 2. The van der Waals surface area contributed by atoms with Crippen LogP contribution in [0.4, 0.5) is 24.5 Å². The lowest BCUT2D eigenvalue weighted by molar-refractivity contribution is -0.167.